The van der Waals surface area contributed by atoms with Crippen LogP contribution in [0.15, 0.2) is 53.5 Å². The van der Waals surface area contributed by atoms with Gasteiger partial charge in [-0.15, -0.1) is 35.4 Å². The van der Waals surface area contributed by atoms with Gasteiger partial charge in [-0.25, -0.2) is 0 Å². The number of hydrogen-bond donors (Lipinski definition) is 0. The van der Waals surface area contributed by atoms with Gasteiger partial charge in [0, 0.05) is 0 Å². The second kappa shape index (κ2) is 13.6. The van der Waals surface area contributed by atoms with Crippen molar-refractivity contribution in [2.24, 2.45) is 4.99 Å². The van der Waals surface area contributed by atoms with E-state index in [0.717, 1.165) is 16.8 Å². The Balaban J connectivity index is 0. The van der Waals surface area contributed by atoms with Crippen molar-refractivity contribution in [3.05, 3.63) is 72.1 Å². The number of hydrogen-bond acceptors (Lipinski definition) is 1. The first-order chi connectivity index (χ1) is 9.77. The Bertz CT molecular complexity index is 471. The Morgan fingerprint density at radius 3 is 1.95 bits per heavy atom. The second-order valence-corrected chi connectivity index (χ2v) is 3.67. The molecule has 0 fully saturated rings. The first-order valence-corrected chi connectivity index (χ1v) is 7.21. The average Bonchev–Trinajstić information content (AvgIpc) is 2.52. The van der Waals surface area contributed by atoms with E-state index in [1.54, 1.807) is 0 Å². The molecule has 0 aliphatic carbocycles. The fourth-order valence-corrected chi connectivity index (χ4v) is 1.44. The number of nitrogens with zero attached hydrogens (tertiary/aromatic N) is 1. The quantitative estimate of drug-likeness (QED) is 0.401. The molecule has 2 aromatic rings. The van der Waals surface area contributed by atoms with E-state index in [1.165, 1.54) is 5.56 Å². The number of rotatable bonds is 2. The summed E-state index contributed by atoms with van der Waals surface area (Å²) in [6.45, 7) is 14.0. The van der Waals surface area contributed by atoms with Crippen molar-refractivity contribution in [2.45, 2.75) is 34.6 Å². The summed E-state index contributed by atoms with van der Waals surface area (Å²) in [6, 6.07) is 15.8. The van der Waals surface area contributed by atoms with Gasteiger partial charge in [0.1, 0.15) is 0 Å². The van der Waals surface area contributed by atoms with E-state index in [-0.39, 0.29) is 21.1 Å². The Labute approximate surface area is 144 Å². The SMILES string of the molecule is CC.CC.[CH2-]c1ccccc1N=[C-]c1ccccc1C.[W+2]. The number of aryl methyl sites for hydroxylation is 1. The maximum absolute atomic E-state index is 4.32. The number of para-hydroxylation sites is 1. The Hall–Kier alpha value is -1.33. The molecule has 0 spiro atoms. The van der Waals surface area contributed by atoms with Gasteiger partial charge in [-0.2, -0.15) is 18.6 Å². The molecule has 0 unspecified atom stereocenters. The van der Waals surface area contributed by atoms with Crippen LogP contribution in [0.4, 0.5) is 5.69 Å². The zero-order chi connectivity index (χ0) is 15.4. The van der Waals surface area contributed by atoms with Gasteiger partial charge < -0.3 is 4.99 Å². The van der Waals surface area contributed by atoms with Crippen molar-refractivity contribution >= 4 is 11.9 Å². The summed E-state index contributed by atoms with van der Waals surface area (Å²) in [7, 11) is 0. The van der Waals surface area contributed by atoms with Gasteiger partial charge in [0.2, 0.25) is 0 Å². The molecule has 0 aliphatic heterocycles. The monoisotopic (exact) mass is 451 g/mol. The number of aliphatic imine (C=N–C) groups is 1. The van der Waals surface area contributed by atoms with Gasteiger partial charge in [0.05, 0.1) is 0 Å². The van der Waals surface area contributed by atoms with Crippen LogP contribution in [-0.2, 0) is 21.1 Å². The topological polar surface area (TPSA) is 12.4 Å². The predicted octanol–water partition coefficient (Wildman–Crippen LogP) is 5.85. The molecule has 2 aromatic carbocycles. The molecule has 21 heavy (non-hydrogen) atoms. The van der Waals surface area contributed by atoms with Crippen LogP contribution in [-0.4, -0.2) is 6.21 Å². The van der Waals surface area contributed by atoms with E-state index < -0.39 is 0 Å². The van der Waals surface area contributed by atoms with Gasteiger partial charge in [-0.3, -0.25) is 0 Å². The summed E-state index contributed by atoms with van der Waals surface area (Å²) in [4.78, 5) is 4.32. The molecular weight excluding hydrogens is 426 g/mol. The molecule has 0 aliphatic rings. The third-order valence-corrected chi connectivity index (χ3v) is 2.43. The van der Waals surface area contributed by atoms with Crippen molar-refractivity contribution in [3.8, 4) is 0 Å². The minimum atomic E-state index is 0. The van der Waals surface area contributed by atoms with Crippen LogP contribution in [0, 0.1) is 13.8 Å². The summed E-state index contributed by atoms with van der Waals surface area (Å²) < 4.78 is 0. The van der Waals surface area contributed by atoms with E-state index >= 15 is 0 Å². The van der Waals surface area contributed by atoms with Gasteiger partial charge in [0.15, 0.2) is 0 Å². The van der Waals surface area contributed by atoms with Crippen LogP contribution in [0.2, 0.25) is 0 Å². The van der Waals surface area contributed by atoms with Crippen LogP contribution in [0.25, 0.3) is 0 Å². The van der Waals surface area contributed by atoms with E-state index in [0.29, 0.717) is 0 Å². The predicted molar refractivity (Wildman–Crippen MR) is 91.0 cm³/mol. The van der Waals surface area contributed by atoms with Gasteiger partial charge in [-0.1, -0.05) is 52.8 Å². The summed E-state index contributed by atoms with van der Waals surface area (Å²) in [5.74, 6) is 0. The van der Waals surface area contributed by atoms with Crippen molar-refractivity contribution in [3.63, 3.8) is 0 Å². The van der Waals surface area contributed by atoms with Crippen molar-refractivity contribution in [1.29, 1.82) is 0 Å². The summed E-state index contributed by atoms with van der Waals surface area (Å²) in [5.41, 5.74) is 3.98. The third-order valence-electron chi connectivity index (χ3n) is 2.43. The fraction of sp³-hybridized carbons (Fsp3) is 0.263. The first-order valence-electron chi connectivity index (χ1n) is 7.21. The van der Waals surface area contributed by atoms with E-state index in [2.05, 4.69) is 18.1 Å². The maximum Gasteiger partial charge on any atom is 2.00 e. The zero-order valence-electron chi connectivity index (χ0n) is 13.7. The van der Waals surface area contributed by atoms with Crippen molar-refractivity contribution in [1.82, 2.24) is 0 Å². The average molecular weight is 451 g/mol. The van der Waals surface area contributed by atoms with E-state index in [9.17, 15) is 0 Å². The molecule has 0 N–H and O–H groups in total. The number of benzene rings is 2. The van der Waals surface area contributed by atoms with Crippen molar-refractivity contribution < 1.29 is 21.1 Å². The molecule has 1 nitrogen and oxygen atoms in total. The first kappa shape index (κ1) is 22.0. The molecule has 0 atom stereocenters. The molecular formula is C19H25NW. The maximum atomic E-state index is 4.32. The normalized spacial score (nSPS) is 8.81. The minimum Gasteiger partial charge on any atom is -0.353 e. The van der Waals surface area contributed by atoms with Crippen LogP contribution in [0.3, 0.4) is 0 Å². The fourth-order valence-electron chi connectivity index (χ4n) is 1.44. The van der Waals surface area contributed by atoms with E-state index in [4.69, 9.17) is 0 Å². The summed E-state index contributed by atoms with van der Waals surface area (Å²) in [5, 5.41) is 0. The van der Waals surface area contributed by atoms with Gasteiger partial charge >= 0.3 is 21.1 Å². The molecule has 0 bridgehead atoms. The largest absolute Gasteiger partial charge is 2.00 e. The second-order valence-electron chi connectivity index (χ2n) is 3.67. The third kappa shape index (κ3) is 7.87. The molecule has 2 heteroatoms. The minimum absolute atomic E-state index is 0. The zero-order valence-corrected chi connectivity index (χ0v) is 16.6. The van der Waals surface area contributed by atoms with Gasteiger partial charge in [0.25, 0.3) is 0 Å². The van der Waals surface area contributed by atoms with E-state index in [1.807, 2.05) is 83.1 Å². The Morgan fingerprint density at radius 2 is 1.38 bits per heavy atom. The molecule has 112 valence electrons. The molecule has 2 rings (SSSR count). The van der Waals surface area contributed by atoms with Crippen LogP contribution < -0.4 is 0 Å². The van der Waals surface area contributed by atoms with Gasteiger partial charge in [-0.05, 0) is 11.9 Å². The Morgan fingerprint density at radius 1 is 0.857 bits per heavy atom. The van der Waals surface area contributed by atoms with Crippen LogP contribution in [0.1, 0.15) is 44.4 Å². The summed E-state index contributed by atoms with van der Waals surface area (Å²) in [6.07, 6.45) is 3.06. The molecule has 0 aromatic heterocycles. The van der Waals surface area contributed by atoms with Crippen molar-refractivity contribution in [2.75, 3.05) is 0 Å². The molecule has 0 amide bonds. The van der Waals surface area contributed by atoms with Crippen LogP contribution in [0.5, 0.6) is 0 Å². The molecule has 0 heterocycles. The Kier molecular flexibility index (Phi) is 14.3. The smallest absolute Gasteiger partial charge is 0.353 e. The summed E-state index contributed by atoms with van der Waals surface area (Å²) >= 11 is 0. The standard InChI is InChI=1S/C15H13N.2C2H6.W/c1-12-7-3-5-9-14(12)11-16-15-10-6-4-8-13(15)2;2*1-2;/h3-10H,2H2,1H3;2*1-2H3;/q-2;;;+2. The molecule has 0 saturated heterocycles. The molecule has 0 radical (unpaired) electrons. The molecule has 0 saturated carbocycles. The van der Waals surface area contributed by atoms with Crippen LogP contribution >= 0.6 is 0 Å².